The molecule has 0 radical (unpaired) electrons. The first-order valence-electron chi connectivity index (χ1n) is 11.9. The molecule has 0 unspecified atom stereocenters. The maximum Gasteiger partial charge on any atom is 0.338 e. The van der Waals surface area contributed by atoms with Crippen LogP contribution in [0, 0.1) is 5.41 Å². The number of hydrogen-bond donors (Lipinski definition) is 0. The van der Waals surface area contributed by atoms with Crippen LogP contribution in [0.25, 0.3) is 11.1 Å². The maximum absolute atomic E-state index is 13.1. The highest BCUT2D eigenvalue weighted by Gasteiger charge is 2.48. The summed E-state index contributed by atoms with van der Waals surface area (Å²) in [4.78, 5) is 25.3. The first-order valence-corrected chi connectivity index (χ1v) is 11.9. The Balaban J connectivity index is 1.48. The number of benzene rings is 2. The van der Waals surface area contributed by atoms with Gasteiger partial charge in [0.1, 0.15) is 24.7 Å². The van der Waals surface area contributed by atoms with Gasteiger partial charge in [-0.25, -0.2) is 4.79 Å². The van der Waals surface area contributed by atoms with E-state index >= 15 is 0 Å². The molecule has 2 saturated carbocycles. The highest BCUT2D eigenvalue weighted by molar-refractivity contribution is 5.96. The molecule has 3 aliphatic rings. The Labute approximate surface area is 199 Å². The molecular weight excluding hydrogens is 436 g/mol. The molecule has 0 N–H and O–H groups in total. The summed E-state index contributed by atoms with van der Waals surface area (Å²) in [6.45, 7) is 0.398. The second-order valence-corrected chi connectivity index (χ2v) is 9.32. The molecule has 0 bridgehead atoms. The van der Waals surface area contributed by atoms with Crippen molar-refractivity contribution in [2.24, 2.45) is 5.41 Å². The highest BCUT2D eigenvalue weighted by atomic mass is 16.6. The Morgan fingerprint density at radius 3 is 2.41 bits per heavy atom. The van der Waals surface area contributed by atoms with Gasteiger partial charge in [-0.05, 0) is 62.3 Å². The third kappa shape index (κ3) is 3.87. The number of rotatable bonds is 8. The SMILES string of the molecule is COc1ccc(-c2cccc3c2COC3=O)c(OCC2(C(=O)OC3CCCC3)CCC2)c1OC. The number of methoxy groups -OCH3 is 2. The van der Waals surface area contributed by atoms with Crippen LogP contribution in [0.3, 0.4) is 0 Å². The van der Waals surface area contributed by atoms with E-state index in [-0.39, 0.29) is 31.3 Å². The van der Waals surface area contributed by atoms with Gasteiger partial charge in [0.2, 0.25) is 5.75 Å². The van der Waals surface area contributed by atoms with Crippen molar-refractivity contribution in [3.8, 4) is 28.4 Å². The number of ether oxygens (including phenoxy) is 5. The monoisotopic (exact) mass is 466 g/mol. The summed E-state index contributed by atoms with van der Waals surface area (Å²) in [5, 5.41) is 0. The van der Waals surface area contributed by atoms with Gasteiger partial charge in [0.25, 0.3) is 0 Å². The molecule has 1 aliphatic heterocycles. The van der Waals surface area contributed by atoms with Crippen molar-refractivity contribution in [2.75, 3.05) is 20.8 Å². The van der Waals surface area contributed by atoms with Crippen molar-refractivity contribution in [3.63, 3.8) is 0 Å². The van der Waals surface area contributed by atoms with Crippen LogP contribution in [-0.2, 0) is 20.9 Å². The lowest BCUT2D eigenvalue weighted by Crippen LogP contribution is -2.45. The number of esters is 2. The smallest absolute Gasteiger partial charge is 0.338 e. The average Bonchev–Trinajstić information content (AvgIpc) is 3.47. The van der Waals surface area contributed by atoms with E-state index in [0.717, 1.165) is 61.6 Å². The van der Waals surface area contributed by atoms with E-state index in [9.17, 15) is 9.59 Å². The molecule has 7 nitrogen and oxygen atoms in total. The fourth-order valence-electron chi connectivity index (χ4n) is 5.16. The summed E-state index contributed by atoms with van der Waals surface area (Å²) in [5.41, 5.74) is 2.30. The third-order valence-electron chi connectivity index (χ3n) is 7.35. The fraction of sp³-hybridized carbons (Fsp3) is 0.481. The highest BCUT2D eigenvalue weighted by Crippen LogP contribution is 2.49. The van der Waals surface area contributed by atoms with E-state index in [0.29, 0.717) is 22.8 Å². The van der Waals surface area contributed by atoms with E-state index in [1.54, 1.807) is 20.3 Å². The summed E-state index contributed by atoms with van der Waals surface area (Å²) < 4.78 is 28.7. The second kappa shape index (κ2) is 9.20. The summed E-state index contributed by atoms with van der Waals surface area (Å²) in [6, 6.07) is 9.22. The third-order valence-corrected chi connectivity index (χ3v) is 7.35. The average molecular weight is 467 g/mol. The Bertz CT molecular complexity index is 1100. The van der Waals surface area contributed by atoms with Crippen molar-refractivity contribution in [2.45, 2.75) is 57.7 Å². The molecule has 0 amide bonds. The number of hydrogen-bond acceptors (Lipinski definition) is 7. The lowest BCUT2D eigenvalue weighted by molar-refractivity contribution is -0.169. The summed E-state index contributed by atoms with van der Waals surface area (Å²) >= 11 is 0. The zero-order chi connectivity index (χ0) is 23.7. The van der Waals surface area contributed by atoms with Crippen LogP contribution in [-0.4, -0.2) is 38.9 Å². The maximum atomic E-state index is 13.1. The van der Waals surface area contributed by atoms with Gasteiger partial charge in [-0.1, -0.05) is 18.6 Å². The van der Waals surface area contributed by atoms with Crippen molar-refractivity contribution < 1.29 is 33.3 Å². The molecule has 34 heavy (non-hydrogen) atoms. The molecule has 1 heterocycles. The minimum atomic E-state index is -0.647. The molecule has 7 heteroatoms. The van der Waals surface area contributed by atoms with E-state index < -0.39 is 5.41 Å². The molecule has 2 aromatic rings. The lowest BCUT2D eigenvalue weighted by Gasteiger charge is -2.39. The topological polar surface area (TPSA) is 80.3 Å². The van der Waals surface area contributed by atoms with Gasteiger partial charge in [-0.15, -0.1) is 0 Å². The van der Waals surface area contributed by atoms with E-state index in [2.05, 4.69) is 0 Å². The Morgan fingerprint density at radius 2 is 1.74 bits per heavy atom. The molecule has 2 fully saturated rings. The predicted molar refractivity (Wildman–Crippen MR) is 124 cm³/mol. The quantitative estimate of drug-likeness (QED) is 0.502. The van der Waals surface area contributed by atoms with Gasteiger partial charge in [-0.2, -0.15) is 0 Å². The van der Waals surface area contributed by atoms with E-state index in [1.807, 2.05) is 24.3 Å². The molecule has 0 aromatic heterocycles. The van der Waals surface area contributed by atoms with Crippen molar-refractivity contribution in [3.05, 3.63) is 41.5 Å². The molecule has 0 saturated heterocycles. The number of cyclic esters (lactones) is 1. The van der Waals surface area contributed by atoms with Crippen molar-refractivity contribution >= 4 is 11.9 Å². The van der Waals surface area contributed by atoms with Gasteiger partial charge >= 0.3 is 11.9 Å². The Kier molecular flexibility index (Phi) is 6.11. The molecule has 2 aliphatic carbocycles. The van der Waals surface area contributed by atoms with Gasteiger partial charge in [0.05, 0.1) is 19.8 Å². The van der Waals surface area contributed by atoms with Gasteiger partial charge in [-0.3, -0.25) is 4.79 Å². The standard InChI is InChI=1S/C27H30O7/c1-30-22-12-11-19(18-9-5-10-20-21(18)15-32-25(20)28)23(24(22)31-2)33-16-27(13-6-14-27)26(29)34-17-7-3-4-8-17/h5,9-12,17H,3-4,6-8,13-16H2,1-2H3. The first-order chi connectivity index (χ1) is 16.6. The summed E-state index contributed by atoms with van der Waals surface area (Å²) in [7, 11) is 3.13. The van der Waals surface area contributed by atoms with Crippen LogP contribution in [0.5, 0.6) is 17.2 Å². The van der Waals surface area contributed by atoms with Crippen LogP contribution >= 0.6 is 0 Å². The second-order valence-electron chi connectivity index (χ2n) is 9.32. The minimum Gasteiger partial charge on any atom is -0.493 e. The van der Waals surface area contributed by atoms with Crippen LogP contribution < -0.4 is 14.2 Å². The molecule has 0 atom stereocenters. The largest absolute Gasteiger partial charge is 0.493 e. The number of carbonyl (C=O) groups excluding carboxylic acids is 2. The van der Waals surface area contributed by atoms with Crippen molar-refractivity contribution in [1.82, 2.24) is 0 Å². The van der Waals surface area contributed by atoms with E-state index in [4.69, 9.17) is 23.7 Å². The van der Waals surface area contributed by atoms with Crippen LogP contribution in [0.1, 0.15) is 60.9 Å². The number of carbonyl (C=O) groups is 2. The van der Waals surface area contributed by atoms with Gasteiger partial charge < -0.3 is 23.7 Å². The summed E-state index contributed by atoms with van der Waals surface area (Å²) in [6.07, 6.45) is 6.58. The lowest BCUT2D eigenvalue weighted by atomic mass is 9.69. The summed E-state index contributed by atoms with van der Waals surface area (Å²) in [5.74, 6) is 0.963. The predicted octanol–water partition coefficient (Wildman–Crippen LogP) is 5.08. The van der Waals surface area contributed by atoms with Crippen LogP contribution in [0.15, 0.2) is 30.3 Å². The number of fused-ring (bicyclic) bond motifs is 1. The molecule has 5 rings (SSSR count). The van der Waals surface area contributed by atoms with Crippen LogP contribution in [0.2, 0.25) is 0 Å². The minimum absolute atomic E-state index is 0.0244. The van der Waals surface area contributed by atoms with E-state index in [1.165, 1.54) is 0 Å². The zero-order valence-electron chi connectivity index (χ0n) is 19.7. The molecular formula is C27H30O7. The Hall–Kier alpha value is -3.22. The normalized spacial score (nSPS) is 18.6. The van der Waals surface area contributed by atoms with Gasteiger partial charge in [0, 0.05) is 11.1 Å². The van der Waals surface area contributed by atoms with Gasteiger partial charge in [0.15, 0.2) is 11.5 Å². The molecule has 0 spiro atoms. The first kappa shape index (κ1) is 22.6. The van der Waals surface area contributed by atoms with Crippen LogP contribution in [0.4, 0.5) is 0 Å². The van der Waals surface area contributed by atoms with Crippen molar-refractivity contribution in [1.29, 1.82) is 0 Å². The zero-order valence-corrected chi connectivity index (χ0v) is 19.7. The Morgan fingerprint density at radius 1 is 0.971 bits per heavy atom. The fourth-order valence-corrected chi connectivity index (χ4v) is 5.16. The molecule has 180 valence electrons. The molecule has 2 aromatic carbocycles.